The van der Waals surface area contributed by atoms with Crippen LogP contribution in [-0.2, 0) is 4.74 Å². The highest BCUT2D eigenvalue weighted by Crippen LogP contribution is 2.20. The monoisotopic (exact) mass is 328 g/mol. The largest absolute Gasteiger partial charge is 0.385 e. The molecular formula is C18H24N4O2. The van der Waals surface area contributed by atoms with E-state index in [4.69, 9.17) is 4.74 Å². The van der Waals surface area contributed by atoms with Gasteiger partial charge in [-0.2, -0.15) is 0 Å². The Balaban J connectivity index is 2.11. The first-order valence-corrected chi connectivity index (χ1v) is 7.96. The van der Waals surface area contributed by atoms with Crippen molar-refractivity contribution in [3.8, 4) is 0 Å². The summed E-state index contributed by atoms with van der Waals surface area (Å²) < 4.78 is 4.97. The number of hydrogen-bond acceptors (Lipinski definition) is 5. The highest BCUT2D eigenvalue weighted by atomic mass is 16.5. The second kappa shape index (κ2) is 8.40. The van der Waals surface area contributed by atoms with E-state index in [0.717, 1.165) is 17.7 Å². The molecule has 1 amide bonds. The van der Waals surface area contributed by atoms with Crippen LogP contribution in [0.1, 0.15) is 33.9 Å². The fraction of sp³-hybridized carbons (Fsp3) is 0.389. The van der Waals surface area contributed by atoms with Gasteiger partial charge in [-0.15, -0.1) is 0 Å². The van der Waals surface area contributed by atoms with Gasteiger partial charge in [0.05, 0.1) is 0 Å². The Hall–Kier alpha value is -2.47. The number of nitrogens with zero attached hydrogens (tertiary/aromatic N) is 2. The fourth-order valence-corrected chi connectivity index (χ4v) is 2.35. The molecule has 1 heterocycles. The van der Waals surface area contributed by atoms with Crippen molar-refractivity contribution in [2.45, 2.75) is 27.2 Å². The van der Waals surface area contributed by atoms with E-state index in [1.54, 1.807) is 20.1 Å². The molecule has 0 aliphatic rings. The number of anilines is 2. The summed E-state index contributed by atoms with van der Waals surface area (Å²) in [7, 11) is 1.64. The third kappa shape index (κ3) is 5.03. The maximum atomic E-state index is 12.2. The molecule has 24 heavy (non-hydrogen) atoms. The van der Waals surface area contributed by atoms with Gasteiger partial charge in [-0.25, -0.2) is 9.97 Å². The number of carbonyl (C=O) groups is 1. The van der Waals surface area contributed by atoms with Crippen molar-refractivity contribution in [2.24, 2.45) is 0 Å². The van der Waals surface area contributed by atoms with Crippen LogP contribution in [0.4, 0.5) is 11.5 Å². The molecule has 0 atom stereocenters. The number of rotatable bonds is 7. The molecular weight excluding hydrogens is 304 g/mol. The first-order chi connectivity index (χ1) is 11.5. The third-order valence-electron chi connectivity index (χ3n) is 3.53. The standard InChI is InChI=1S/C18H24N4O2/c1-12-6-7-15(13(2)10-12)22-17-11-16(20-14(3)21-17)18(23)19-8-5-9-24-4/h6-7,10-11H,5,8-9H2,1-4H3,(H,19,23)(H,20,21,22). The lowest BCUT2D eigenvalue weighted by atomic mass is 10.1. The third-order valence-corrected chi connectivity index (χ3v) is 3.53. The Morgan fingerprint density at radius 3 is 2.67 bits per heavy atom. The van der Waals surface area contributed by atoms with Crippen LogP contribution >= 0.6 is 0 Å². The second-order valence-electron chi connectivity index (χ2n) is 5.73. The number of aryl methyl sites for hydroxylation is 3. The predicted octanol–water partition coefficient (Wildman–Crippen LogP) is 2.91. The van der Waals surface area contributed by atoms with E-state index in [2.05, 4.69) is 33.6 Å². The predicted molar refractivity (Wildman–Crippen MR) is 94.8 cm³/mol. The minimum atomic E-state index is -0.208. The lowest BCUT2D eigenvalue weighted by Crippen LogP contribution is -2.26. The van der Waals surface area contributed by atoms with Crippen molar-refractivity contribution in [1.82, 2.24) is 15.3 Å². The van der Waals surface area contributed by atoms with Crippen molar-refractivity contribution in [3.05, 3.63) is 46.9 Å². The number of nitrogens with one attached hydrogen (secondary N) is 2. The number of methoxy groups -OCH3 is 1. The zero-order valence-electron chi connectivity index (χ0n) is 14.6. The molecule has 0 saturated heterocycles. The van der Waals surface area contributed by atoms with E-state index in [9.17, 15) is 4.79 Å². The number of aromatic nitrogens is 2. The molecule has 0 bridgehead atoms. The van der Waals surface area contributed by atoms with Crippen LogP contribution in [0.25, 0.3) is 0 Å². The summed E-state index contributed by atoms with van der Waals surface area (Å²) in [6, 6.07) is 7.80. The zero-order chi connectivity index (χ0) is 17.5. The summed E-state index contributed by atoms with van der Waals surface area (Å²) in [6.45, 7) is 7.03. The lowest BCUT2D eigenvalue weighted by Gasteiger charge is -2.11. The highest BCUT2D eigenvalue weighted by Gasteiger charge is 2.11. The number of amides is 1. The maximum absolute atomic E-state index is 12.2. The van der Waals surface area contributed by atoms with Crippen molar-refractivity contribution in [3.63, 3.8) is 0 Å². The Morgan fingerprint density at radius 2 is 1.96 bits per heavy atom. The van der Waals surface area contributed by atoms with Gasteiger partial charge in [0.25, 0.3) is 5.91 Å². The van der Waals surface area contributed by atoms with Crippen molar-refractivity contribution < 1.29 is 9.53 Å². The van der Waals surface area contributed by atoms with Crippen LogP contribution in [0.5, 0.6) is 0 Å². The summed E-state index contributed by atoms with van der Waals surface area (Å²) in [6.07, 6.45) is 0.764. The molecule has 0 saturated carbocycles. The number of hydrogen-bond donors (Lipinski definition) is 2. The summed E-state index contributed by atoms with van der Waals surface area (Å²) in [4.78, 5) is 20.8. The van der Waals surface area contributed by atoms with Gasteiger partial charge in [-0.05, 0) is 38.8 Å². The van der Waals surface area contributed by atoms with Crippen LogP contribution < -0.4 is 10.6 Å². The minimum absolute atomic E-state index is 0.208. The van der Waals surface area contributed by atoms with Gasteiger partial charge >= 0.3 is 0 Å². The Kier molecular flexibility index (Phi) is 6.26. The van der Waals surface area contributed by atoms with E-state index in [1.807, 2.05) is 19.1 Å². The minimum Gasteiger partial charge on any atom is -0.385 e. The Labute approximate surface area is 142 Å². The van der Waals surface area contributed by atoms with Crippen LogP contribution in [0.3, 0.4) is 0 Å². The molecule has 0 aliphatic carbocycles. The van der Waals surface area contributed by atoms with E-state index in [1.165, 1.54) is 5.56 Å². The van der Waals surface area contributed by atoms with Gasteiger partial charge in [0.2, 0.25) is 0 Å². The van der Waals surface area contributed by atoms with Crippen LogP contribution in [0, 0.1) is 20.8 Å². The molecule has 128 valence electrons. The summed E-state index contributed by atoms with van der Waals surface area (Å²) in [5, 5.41) is 6.09. The van der Waals surface area contributed by atoms with Gasteiger partial charge in [0, 0.05) is 32.0 Å². The normalized spacial score (nSPS) is 10.5. The van der Waals surface area contributed by atoms with Gasteiger partial charge in [-0.1, -0.05) is 17.7 Å². The van der Waals surface area contributed by atoms with Crippen molar-refractivity contribution in [2.75, 3.05) is 25.6 Å². The van der Waals surface area contributed by atoms with Crippen LogP contribution in [0.2, 0.25) is 0 Å². The first kappa shape index (κ1) is 17.9. The smallest absolute Gasteiger partial charge is 0.270 e. The quantitative estimate of drug-likeness (QED) is 0.764. The molecule has 0 radical (unpaired) electrons. The molecule has 2 aromatic rings. The molecule has 0 unspecified atom stereocenters. The summed E-state index contributed by atoms with van der Waals surface area (Å²) in [5.74, 6) is 0.948. The SMILES string of the molecule is COCCCNC(=O)c1cc(Nc2ccc(C)cc2C)nc(C)n1. The van der Waals surface area contributed by atoms with Crippen LogP contribution in [-0.4, -0.2) is 36.1 Å². The summed E-state index contributed by atoms with van der Waals surface area (Å²) >= 11 is 0. The van der Waals surface area contributed by atoms with Crippen molar-refractivity contribution >= 4 is 17.4 Å². The molecule has 6 heteroatoms. The van der Waals surface area contributed by atoms with E-state index in [0.29, 0.717) is 30.5 Å². The fourth-order valence-electron chi connectivity index (χ4n) is 2.35. The zero-order valence-corrected chi connectivity index (χ0v) is 14.6. The number of benzene rings is 1. The molecule has 2 rings (SSSR count). The molecule has 0 fully saturated rings. The van der Waals surface area contributed by atoms with Gasteiger partial charge in [0.1, 0.15) is 17.3 Å². The molecule has 1 aromatic carbocycles. The Bertz CT molecular complexity index is 716. The average Bonchev–Trinajstić information content (AvgIpc) is 2.53. The van der Waals surface area contributed by atoms with Crippen LogP contribution in [0.15, 0.2) is 24.3 Å². The number of ether oxygens (including phenoxy) is 1. The molecule has 0 aliphatic heterocycles. The molecule has 6 nitrogen and oxygen atoms in total. The maximum Gasteiger partial charge on any atom is 0.270 e. The van der Waals surface area contributed by atoms with Gasteiger partial charge in [-0.3, -0.25) is 4.79 Å². The number of carbonyl (C=O) groups excluding carboxylic acids is 1. The topological polar surface area (TPSA) is 76.1 Å². The second-order valence-corrected chi connectivity index (χ2v) is 5.73. The van der Waals surface area contributed by atoms with Crippen molar-refractivity contribution in [1.29, 1.82) is 0 Å². The lowest BCUT2D eigenvalue weighted by molar-refractivity contribution is 0.0943. The average molecular weight is 328 g/mol. The van der Waals surface area contributed by atoms with E-state index >= 15 is 0 Å². The van der Waals surface area contributed by atoms with E-state index < -0.39 is 0 Å². The van der Waals surface area contributed by atoms with Gasteiger partial charge in [0.15, 0.2) is 0 Å². The highest BCUT2D eigenvalue weighted by molar-refractivity contribution is 5.93. The molecule has 0 spiro atoms. The first-order valence-electron chi connectivity index (χ1n) is 7.96. The Morgan fingerprint density at radius 1 is 1.17 bits per heavy atom. The van der Waals surface area contributed by atoms with Gasteiger partial charge < -0.3 is 15.4 Å². The molecule has 1 aromatic heterocycles. The summed E-state index contributed by atoms with van der Waals surface area (Å²) in [5.41, 5.74) is 3.64. The van der Waals surface area contributed by atoms with E-state index in [-0.39, 0.29) is 5.91 Å². The molecule has 2 N–H and O–H groups in total.